The Bertz CT molecular complexity index is 516. The van der Waals surface area contributed by atoms with Gasteiger partial charge in [-0.2, -0.15) is 0 Å². The first kappa shape index (κ1) is 15.7. The Morgan fingerprint density at radius 2 is 2.33 bits per heavy atom. The molecule has 1 fully saturated rings. The zero-order chi connectivity index (χ0) is 15.2. The van der Waals surface area contributed by atoms with E-state index in [-0.39, 0.29) is 17.8 Å². The second-order valence-corrected chi connectivity index (χ2v) is 5.58. The zero-order valence-corrected chi connectivity index (χ0v) is 12.6. The lowest BCUT2D eigenvalue weighted by molar-refractivity contribution is -0.129. The Morgan fingerprint density at radius 3 is 3.05 bits per heavy atom. The SMILES string of the molecule is C=CCNCCC1CCC(=O)N1Cc1ccc(C)c(F)c1. The number of benzene rings is 1. The van der Waals surface area contributed by atoms with Crippen molar-refractivity contribution >= 4 is 5.91 Å². The smallest absolute Gasteiger partial charge is 0.223 e. The topological polar surface area (TPSA) is 32.3 Å². The summed E-state index contributed by atoms with van der Waals surface area (Å²) in [4.78, 5) is 13.9. The first-order valence-electron chi connectivity index (χ1n) is 7.48. The third-order valence-corrected chi connectivity index (χ3v) is 3.98. The molecule has 1 N–H and O–H groups in total. The summed E-state index contributed by atoms with van der Waals surface area (Å²) in [6.07, 6.45) is 4.24. The molecule has 0 saturated carbocycles. The largest absolute Gasteiger partial charge is 0.335 e. The van der Waals surface area contributed by atoms with Crippen molar-refractivity contribution in [1.29, 1.82) is 0 Å². The van der Waals surface area contributed by atoms with Gasteiger partial charge in [0.25, 0.3) is 0 Å². The predicted molar refractivity (Wildman–Crippen MR) is 82.4 cm³/mol. The molecule has 0 bridgehead atoms. The molecule has 4 heteroatoms. The van der Waals surface area contributed by atoms with Crippen molar-refractivity contribution in [3.8, 4) is 0 Å². The van der Waals surface area contributed by atoms with Gasteiger partial charge in [0.05, 0.1) is 0 Å². The Kier molecular flexibility index (Phi) is 5.51. The molecule has 0 radical (unpaired) electrons. The van der Waals surface area contributed by atoms with Crippen molar-refractivity contribution < 1.29 is 9.18 Å². The molecule has 0 spiro atoms. The van der Waals surface area contributed by atoms with E-state index in [4.69, 9.17) is 0 Å². The van der Waals surface area contributed by atoms with Gasteiger partial charge < -0.3 is 10.2 Å². The summed E-state index contributed by atoms with van der Waals surface area (Å²) in [7, 11) is 0. The standard InChI is InChI=1S/C17H23FN2O/c1-3-9-19-10-8-15-6-7-17(21)20(15)12-14-5-4-13(2)16(18)11-14/h3-5,11,15,19H,1,6-10,12H2,2H3. The lowest BCUT2D eigenvalue weighted by atomic mass is 10.1. The Labute approximate surface area is 125 Å². The summed E-state index contributed by atoms with van der Waals surface area (Å²) in [6, 6.07) is 5.45. The minimum absolute atomic E-state index is 0.171. The summed E-state index contributed by atoms with van der Waals surface area (Å²) < 4.78 is 13.6. The number of carbonyl (C=O) groups is 1. The zero-order valence-electron chi connectivity index (χ0n) is 12.6. The van der Waals surface area contributed by atoms with Crippen LogP contribution in [0.15, 0.2) is 30.9 Å². The molecule has 1 aliphatic heterocycles. The van der Waals surface area contributed by atoms with Crippen molar-refractivity contribution in [1.82, 2.24) is 10.2 Å². The van der Waals surface area contributed by atoms with Crippen LogP contribution in [0.25, 0.3) is 0 Å². The second kappa shape index (κ2) is 7.36. The number of rotatable bonds is 7. The molecule has 1 saturated heterocycles. The number of hydrogen-bond donors (Lipinski definition) is 1. The number of nitrogens with one attached hydrogen (secondary N) is 1. The fraction of sp³-hybridized carbons (Fsp3) is 0.471. The molecule has 1 aromatic carbocycles. The van der Waals surface area contributed by atoms with Crippen LogP contribution < -0.4 is 5.32 Å². The van der Waals surface area contributed by atoms with E-state index in [9.17, 15) is 9.18 Å². The first-order valence-corrected chi connectivity index (χ1v) is 7.48. The molecule has 1 aliphatic rings. The summed E-state index contributed by atoms with van der Waals surface area (Å²) in [5.74, 6) is -0.0342. The van der Waals surface area contributed by atoms with E-state index in [1.165, 1.54) is 6.07 Å². The monoisotopic (exact) mass is 290 g/mol. The van der Waals surface area contributed by atoms with Crippen LogP contribution in [0.2, 0.25) is 0 Å². The molecule has 1 unspecified atom stereocenters. The number of amides is 1. The van der Waals surface area contributed by atoms with Gasteiger partial charge in [-0.3, -0.25) is 4.79 Å². The average Bonchev–Trinajstić information content (AvgIpc) is 2.80. The minimum atomic E-state index is -0.205. The van der Waals surface area contributed by atoms with Gasteiger partial charge >= 0.3 is 0 Å². The summed E-state index contributed by atoms with van der Waals surface area (Å²) in [5.41, 5.74) is 1.49. The van der Waals surface area contributed by atoms with E-state index in [1.807, 2.05) is 17.0 Å². The van der Waals surface area contributed by atoms with Crippen LogP contribution in [0.3, 0.4) is 0 Å². The number of halogens is 1. The lowest BCUT2D eigenvalue weighted by Crippen LogP contribution is -2.34. The van der Waals surface area contributed by atoms with Crippen LogP contribution in [-0.2, 0) is 11.3 Å². The van der Waals surface area contributed by atoms with E-state index in [2.05, 4.69) is 11.9 Å². The van der Waals surface area contributed by atoms with Gasteiger partial charge in [0.1, 0.15) is 5.82 Å². The van der Waals surface area contributed by atoms with Crippen molar-refractivity contribution in [2.75, 3.05) is 13.1 Å². The van der Waals surface area contributed by atoms with E-state index in [1.54, 1.807) is 13.0 Å². The molecule has 2 rings (SSSR count). The van der Waals surface area contributed by atoms with Gasteiger partial charge in [-0.05, 0) is 43.5 Å². The van der Waals surface area contributed by atoms with Crippen LogP contribution in [0, 0.1) is 12.7 Å². The van der Waals surface area contributed by atoms with Crippen LogP contribution in [0.5, 0.6) is 0 Å². The van der Waals surface area contributed by atoms with E-state index in [0.717, 1.165) is 31.5 Å². The molecule has 3 nitrogen and oxygen atoms in total. The highest BCUT2D eigenvalue weighted by molar-refractivity contribution is 5.78. The Morgan fingerprint density at radius 1 is 1.52 bits per heavy atom. The average molecular weight is 290 g/mol. The molecule has 1 atom stereocenters. The third kappa shape index (κ3) is 4.14. The van der Waals surface area contributed by atoms with Crippen LogP contribution >= 0.6 is 0 Å². The van der Waals surface area contributed by atoms with Crippen LogP contribution in [0.1, 0.15) is 30.4 Å². The maximum Gasteiger partial charge on any atom is 0.223 e. The maximum atomic E-state index is 13.6. The molecule has 1 amide bonds. The van der Waals surface area contributed by atoms with Gasteiger partial charge in [0.15, 0.2) is 0 Å². The quantitative estimate of drug-likeness (QED) is 0.618. The summed E-state index contributed by atoms with van der Waals surface area (Å²) in [6.45, 7) is 7.56. The van der Waals surface area contributed by atoms with Gasteiger partial charge in [0.2, 0.25) is 5.91 Å². The highest BCUT2D eigenvalue weighted by Gasteiger charge is 2.30. The fourth-order valence-corrected chi connectivity index (χ4v) is 2.71. The van der Waals surface area contributed by atoms with Crippen molar-refractivity contribution in [3.63, 3.8) is 0 Å². The molecule has 0 aromatic heterocycles. The van der Waals surface area contributed by atoms with Crippen LogP contribution in [0.4, 0.5) is 4.39 Å². The van der Waals surface area contributed by atoms with Gasteiger partial charge in [-0.25, -0.2) is 4.39 Å². The lowest BCUT2D eigenvalue weighted by Gasteiger charge is -2.25. The summed E-state index contributed by atoms with van der Waals surface area (Å²) >= 11 is 0. The Hall–Kier alpha value is -1.68. The first-order chi connectivity index (χ1) is 10.1. The predicted octanol–water partition coefficient (Wildman–Crippen LogP) is 2.79. The van der Waals surface area contributed by atoms with E-state index < -0.39 is 0 Å². The number of hydrogen-bond acceptors (Lipinski definition) is 2. The van der Waals surface area contributed by atoms with Gasteiger partial charge in [-0.1, -0.05) is 18.2 Å². The third-order valence-electron chi connectivity index (χ3n) is 3.98. The molecule has 1 heterocycles. The van der Waals surface area contributed by atoms with E-state index in [0.29, 0.717) is 18.5 Å². The minimum Gasteiger partial charge on any atom is -0.335 e. The van der Waals surface area contributed by atoms with Gasteiger partial charge in [-0.15, -0.1) is 6.58 Å². The molecular formula is C17H23FN2O. The molecule has 114 valence electrons. The van der Waals surface area contributed by atoms with Gasteiger partial charge in [0, 0.05) is 25.6 Å². The molecule has 0 aliphatic carbocycles. The number of aryl methyl sites for hydroxylation is 1. The maximum absolute atomic E-state index is 13.6. The fourth-order valence-electron chi connectivity index (χ4n) is 2.71. The van der Waals surface area contributed by atoms with Crippen LogP contribution in [-0.4, -0.2) is 29.9 Å². The molecular weight excluding hydrogens is 267 g/mol. The Balaban J connectivity index is 1.96. The number of carbonyl (C=O) groups excluding carboxylic acids is 1. The highest BCUT2D eigenvalue weighted by atomic mass is 19.1. The second-order valence-electron chi connectivity index (χ2n) is 5.58. The number of likely N-dealkylation sites (tertiary alicyclic amines) is 1. The van der Waals surface area contributed by atoms with Crippen molar-refractivity contribution in [3.05, 3.63) is 47.8 Å². The normalized spacial score (nSPS) is 18.3. The van der Waals surface area contributed by atoms with E-state index >= 15 is 0 Å². The van der Waals surface area contributed by atoms with Crippen molar-refractivity contribution in [2.45, 2.75) is 38.8 Å². The summed E-state index contributed by atoms with van der Waals surface area (Å²) in [5, 5.41) is 3.26. The number of nitrogens with zero attached hydrogens (tertiary/aromatic N) is 1. The molecule has 21 heavy (non-hydrogen) atoms. The highest BCUT2D eigenvalue weighted by Crippen LogP contribution is 2.24. The molecule has 1 aromatic rings. The van der Waals surface area contributed by atoms with Crippen molar-refractivity contribution in [2.24, 2.45) is 0 Å².